The molecule has 2 heteroatoms. The van der Waals surface area contributed by atoms with E-state index >= 15 is 0 Å². The highest BCUT2D eigenvalue weighted by atomic mass is 15.0. The lowest BCUT2D eigenvalue weighted by Gasteiger charge is -2.14. The highest BCUT2D eigenvalue weighted by Gasteiger charge is 2.28. The van der Waals surface area contributed by atoms with Gasteiger partial charge in [0.1, 0.15) is 0 Å². The van der Waals surface area contributed by atoms with Crippen LogP contribution in [0, 0.1) is 6.92 Å². The Bertz CT molecular complexity index is 793. The predicted octanol–water partition coefficient (Wildman–Crippen LogP) is 5.42. The van der Waals surface area contributed by atoms with Crippen molar-refractivity contribution in [3.8, 4) is 0 Å². The number of hydrogen-bond acceptors (Lipinski definition) is 2. The van der Waals surface area contributed by atoms with Gasteiger partial charge in [-0.2, -0.15) is 0 Å². The van der Waals surface area contributed by atoms with Crippen molar-refractivity contribution in [2.24, 2.45) is 0 Å². The summed E-state index contributed by atoms with van der Waals surface area (Å²) in [4.78, 5) is 0. The van der Waals surface area contributed by atoms with E-state index in [1.807, 2.05) is 0 Å². The first-order chi connectivity index (χ1) is 11.5. The van der Waals surface area contributed by atoms with Crippen LogP contribution in [0.15, 0.2) is 30.3 Å². The Hall–Kier alpha value is -1.96. The maximum absolute atomic E-state index is 3.71. The molecule has 0 spiro atoms. The molecule has 0 fully saturated rings. The first-order valence-electron chi connectivity index (χ1n) is 9.24. The predicted molar refractivity (Wildman–Crippen MR) is 103 cm³/mol. The van der Waals surface area contributed by atoms with E-state index in [4.69, 9.17) is 0 Å². The largest absolute Gasteiger partial charge is 0.382 e. The van der Waals surface area contributed by atoms with Gasteiger partial charge in [-0.15, -0.1) is 0 Å². The average molecular weight is 320 g/mol. The van der Waals surface area contributed by atoms with Crippen LogP contribution in [-0.2, 0) is 6.42 Å². The lowest BCUT2D eigenvalue weighted by atomic mass is 9.90. The van der Waals surface area contributed by atoms with E-state index < -0.39 is 0 Å². The van der Waals surface area contributed by atoms with E-state index in [0.717, 1.165) is 6.42 Å². The molecular weight excluding hydrogens is 292 g/mol. The summed E-state index contributed by atoms with van der Waals surface area (Å²) in [7, 11) is 0. The second kappa shape index (κ2) is 5.54. The molecule has 0 aromatic heterocycles. The van der Waals surface area contributed by atoms with Crippen molar-refractivity contribution in [2.75, 3.05) is 10.6 Å². The molecule has 0 amide bonds. The fourth-order valence-corrected chi connectivity index (χ4v) is 4.25. The number of fused-ring (bicyclic) bond motifs is 2. The fourth-order valence-electron chi connectivity index (χ4n) is 4.25. The molecule has 24 heavy (non-hydrogen) atoms. The molecule has 0 bridgehead atoms. The molecule has 2 aromatic carbocycles. The minimum absolute atomic E-state index is 0.521. The van der Waals surface area contributed by atoms with Gasteiger partial charge in [-0.3, -0.25) is 0 Å². The van der Waals surface area contributed by atoms with Crippen LogP contribution in [0.2, 0.25) is 0 Å². The van der Waals surface area contributed by atoms with Gasteiger partial charge < -0.3 is 10.6 Å². The van der Waals surface area contributed by atoms with Crippen molar-refractivity contribution in [1.29, 1.82) is 0 Å². The van der Waals surface area contributed by atoms with E-state index in [2.05, 4.69) is 75.6 Å². The van der Waals surface area contributed by atoms with Crippen molar-refractivity contribution in [2.45, 2.75) is 65.0 Å². The molecule has 126 valence electrons. The number of aryl methyl sites for hydroxylation is 1. The minimum atomic E-state index is 0.521. The SMILES string of the molecule is Cc1cc2c(cc1Cc1cccc3c1N[C@H](C)[C@@H]3C)[C@H](C)[C@H](C)N2. The summed E-state index contributed by atoms with van der Waals surface area (Å²) < 4.78 is 0. The van der Waals surface area contributed by atoms with Crippen LogP contribution < -0.4 is 10.6 Å². The van der Waals surface area contributed by atoms with Gasteiger partial charge in [0.25, 0.3) is 0 Å². The second-order valence-electron chi connectivity index (χ2n) is 7.87. The summed E-state index contributed by atoms with van der Waals surface area (Å²) in [5, 5.41) is 7.33. The van der Waals surface area contributed by atoms with Crippen molar-refractivity contribution in [3.05, 3.63) is 58.1 Å². The molecule has 0 unspecified atom stereocenters. The maximum atomic E-state index is 3.71. The van der Waals surface area contributed by atoms with Gasteiger partial charge in [-0.25, -0.2) is 0 Å². The molecule has 2 aliphatic rings. The Morgan fingerprint density at radius 2 is 1.54 bits per heavy atom. The summed E-state index contributed by atoms with van der Waals surface area (Å²) >= 11 is 0. The number of rotatable bonds is 2. The molecule has 2 aromatic rings. The lowest BCUT2D eigenvalue weighted by molar-refractivity contribution is 0.689. The topological polar surface area (TPSA) is 24.1 Å². The van der Waals surface area contributed by atoms with Gasteiger partial charge >= 0.3 is 0 Å². The average Bonchev–Trinajstić information content (AvgIpc) is 2.99. The number of anilines is 2. The fraction of sp³-hybridized carbons (Fsp3) is 0.455. The van der Waals surface area contributed by atoms with Crippen LogP contribution in [0.3, 0.4) is 0 Å². The van der Waals surface area contributed by atoms with E-state index in [9.17, 15) is 0 Å². The first kappa shape index (κ1) is 15.6. The third-order valence-corrected chi connectivity index (χ3v) is 6.31. The smallest absolute Gasteiger partial charge is 0.0414 e. The van der Waals surface area contributed by atoms with Crippen LogP contribution >= 0.6 is 0 Å². The van der Waals surface area contributed by atoms with Crippen molar-refractivity contribution < 1.29 is 0 Å². The summed E-state index contributed by atoms with van der Waals surface area (Å²) in [6, 6.07) is 12.6. The highest BCUT2D eigenvalue weighted by Crippen LogP contribution is 2.41. The molecule has 0 saturated carbocycles. The maximum Gasteiger partial charge on any atom is 0.0414 e. The minimum Gasteiger partial charge on any atom is -0.382 e. The van der Waals surface area contributed by atoms with E-state index in [-0.39, 0.29) is 0 Å². The zero-order valence-corrected chi connectivity index (χ0v) is 15.4. The number of nitrogens with one attached hydrogen (secondary N) is 2. The summed E-state index contributed by atoms with van der Waals surface area (Å²) in [5.74, 6) is 1.17. The molecule has 0 radical (unpaired) electrons. The van der Waals surface area contributed by atoms with Crippen LogP contribution in [0.25, 0.3) is 0 Å². The van der Waals surface area contributed by atoms with Crippen LogP contribution in [0.4, 0.5) is 11.4 Å². The third-order valence-electron chi connectivity index (χ3n) is 6.31. The van der Waals surface area contributed by atoms with Crippen molar-refractivity contribution in [1.82, 2.24) is 0 Å². The van der Waals surface area contributed by atoms with Gasteiger partial charge in [0, 0.05) is 35.3 Å². The Labute approximate surface area is 145 Å². The molecular formula is C22H28N2. The van der Waals surface area contributed by atoms with Crippen LogP contribution in [-0.4, -0.2) is 12.1 Å². The van der Waals surface area contributed by atoms with Gasteiger partial charge in [0.05, 0.1) is 0 Å². The molecule has 0 aliphatic carbocycles. The van der Waals surface area contributed by atoms with E-state index in [1.54, 1.807) is 0 Å². The molecule has 4 rings (SSSR count). The van der Waals surface area contributed by atoms with Crippen LogP contribution in [0.5, 0.6) is 0 Å². The van der Waals surface area contributed by atoms with Gasteiger partial charge in [0.15, 0.2) is 0 Å². The molecule has 2 nitrogen and oxygen atoms in total. The Kier molecular flexibility index (Phi) is 3.59. The number of hydrogen-bond donors (Lipinski definition) is 2. The van der Waals surface area contributed by atoms with E-state index in [1.165, 1.54) is 39.2 Å². The zero-order valence-electron chi connectivity index (χ0n) is 15.4. The van der Waals surface area contributed by atoms with Crippen molar-refractivity contribution >= 4 is 11.4 Å². The lowest BCUT2D eigenvalue weighted by Crippen LogP contribution is -2.13. The Morgan fingerprint density at radius 3 is 2.33 bits per heavy atom. The zero-order chi connectivity index (χ0) is 17.0. The molecule has 2 N–H and O–H groups in total. The second-order valence-corrected chi connectivity index (χ2v) is 7.87. The normalized spacial score (nSPS) is 27.4. The monoisotopic (exact) mass is 320 g/mol. The van der Waals surface area contributed by atoms with Gasteiger partial charge in [-0.1, -0.05) is 38.1 Å². The van der Waals surface area contributed by atoms with Gasteiger partial charge in [-0.05, 0) is 61.1 Å². The standard InChI is InChI=1S/C22H28N2/c1-12-9-21-20(14(3)15(4)23-21)11-18(12)10-17-7-6-8-19-13(2)16(5)24-22(17)19/h6-9,11,13-16,23-24H,10H2,1-5H3/t13-,14+,15-,16+/m0/s1. The molecule has 2 heterocycles. The van der Waals surface area contributed by atoms with Crippen molar-refractivity contribution in [3.63, 3.8) is 0 Å². The van der Waals surface area contributed by atoms with Gasteiger partial charge in [0.2, 0.25) is 0 Å². The Morgan fingerprint density at radius 1 is 0.833 bits per heavy atom. The summed E-state index contributed by atoms with van der Waals surface area (Å²) in [5.41, 5.74) is 9.93. The summed E-state index contributed by atoms with van der Waals surface area (Å²) in [6.45, 7) is 11.4. The first-order valence-corrected chi connectivity index (χ1v) is 9.24. The number of para-hydroxylation sites is 1. The Balaban J connectivity index is 1.71. The number of benzene rings is 2. The highest BCUT2D eigenvalue weighted by molar-refractivity contribution is 5.67. The third kappa shape index (κ3) is 2.31. The van der Waals surface area contributed by atoms with Crippen LogP contribution in [0.1, 0.15) is 67.3 Å². The molecule has 0 saturated heterocycles. The quantitative estimate of drug-likeness (QED) is 0.772. The summed E-state index contributed by atoms with van der Waals surface area (Å²) in [6.07, 6.45) is 1.01. The molecule has 4 atom stereocenters. The molecule has 2 aliphatic heterocycles. The van der Waals surface area contributed by atoms with E-state index in [0.29, 0.717) is 23.9 Å².